The quantitative estimate of drug-likeness (QED) is 0.525. The summed E-state index contributed by atoms with van der Waals surface area (Å²) in [7, 11) is -2.47. The molecule has 1 fully saturated rings. The summed E-state index contributed by atoms with van der Waals surface area (Å²) in [6, 6.07) is 18.6. The number of thioether (sulfide) groups is 1. The van der Waals surface area contributed by atoms with Crippen molar-refractivity contribution in [1.82, 2.24) is 0 Å². The van der Waals surface area contributed by atoms with Gasteiger partial charge < -0.3 is 10.1 Å². The molecule has 1 aliphatic heterocycles. The highest BCUT2D eigenvalue weighted by Gasteiger charge is 2.41. The Labute approximate surface area is 199 Å². The van der Waals surface area contributed by atoms with Crippen LogP contribution in [0.15, 0.2) is 80.7 Å². The molecule has 0 unspecified atom stereocenters. The Morgan fingerprint density at radius 3 is 2.61 bits per heavy atom. The van der Waals surface area contributed by atoms with Gasteiger partial charge in [-0.2, -0.15) is 8.42 Å². The zero-order valence-corrected chi connectivity index (χ0v) is 19.8. The van der Waals surface area contributed by atoms with Gasteiger partial charge in [0.15, 0.2) is 5.17 Å². The molecular formula is C22H19N3O5S3. The summed E-state index contributed by atoms with van der Waals surface area (Å²) >= 11 is 2.00. The Kier molecular flexibility index (Phi) is 6.82. The van der Waals surface area contributed by atoms with E-state index in [1.54, 1.807) is 66.0 Å². The third-order valence-electron chi connectivity index (χ3n) is 4.62. The van der Waals surface area contributed by atoms with E-state index in [0.29, 0.717) is 17.1 Å². The molecule has 2 heterocycles. The number of rotatable bonds is 7. The maximum atomic E-state index is 13.2. The van der Waals surface area contributed by atoms with Gasteiger partial charge in [-0.25, -0.2) is 0 Å². The maximum Gasteiger partial charge on any atom is 0.294 e. The van der Waals surface area contributed by atoms with Gasteiger partial charge in [0.1, 0.15) is 15.2 Å². The maximum absolute atomic E-state index is 13.2. The predicted octanol–water partition coefficient (Wildman–Crippen LogP) is 3.98. The van der Waals surface area contributed by atoms with E-state index in [2.05, 4.69) is 9.71 Å². The minimum Gasteiger partial charge on any atom is -0.497 e. The average molecular weight is 502 g/mol. The molecule has 170 valence electrons. The number of amides is 2. The zero-order valence-electron chi connectivity index (χ0n) is 17.4. The molecular weight excluding hydrogens is 482 g/mol. The van der Waals surface area contributed by atoms with E-state index in [4.69, 9.17) is 4.74 Å². The lowest BCUT2D eigenvalue weighted by molar-refractivity contribution is -0.121. The number of anilines is 2. The predicted molar refractivity (Wildman–Crippen MR) is 130 cm³/mol. The van der Waals surface area contributed by atoms with Crippen LogP contribution in [0.25, 0.3) is 0 Å². The molecule has 1 aromatic heterocycles. The summed E-state index contributed by atoms with van der Waals surface area (Å²) in [5, 5.41) is 3.57. The fourth-order valence-electron chi connectivity index (χ4n) is 3.11. The van der Waals surface area contributed by atoms with Crippen LogP contribution in [0.4, 0.5) is 11.4 Å². The van der Waals surface area contributed by atoms with Gasteiger partial charge in [-0.05, 0) is 35.7 Å². The van der Waals surface area contributed by atoms with E-state index in [0.717, 1.165) is 23.1 Å². The number of thiophene rings is 1. The summed E-state index contributed by atoms with van der Waals surface area (Å²) in [5.41, 5.74) is 1.01. The smallest absolute Gasteiger partial charge is 0.294 e. The van der Waals surface area contributed by atoms with Crippen LogP contribution in [-0.2, 0) is 19.6 Å². The Morgan fingerprint density at radius 2 is 1.91 bits per heavy atom. The minimum absolute atomic E-state index is 0.0128. The first-order valence-corrected chi connectivity index (χ1v) is 13.0. The van der Waals surface area contributed by atoms with Crippen LogP contribution in [0, 0.1) is 0 Å². The number of hydrogen-bond acceptors (Lipinski definition) is 7. The fourth-order valence-corrected chi connectivity index (χ4v) is 6.42. The van der Waals surface area contributed by atoms with Crippen molar-refractivity contribution in [1.29, 1.82) is 0 Å². The number of ether oxygens (including phenoxy) is 1. The van der Waals surface area contributed by atoms with Crippen molar-refractivity contribution < 1.29 is 22.7 Å². The molecule has 1 saturated heterocycles. The number of para-hydroxylation sites is 1. The summed E-state index contributed by atoms with van der Waals surface area (Å²) < 4.78 is 34.7. The van der Waals surface area contributed by atoms with Crippen LogP contribution in [0.1, 0.15) is 6.42 Å². The van der Waals surface area contributed by atoms with Crippen LogP contribution in [0.5, 0.6) is 5.75 Å². The number of hydrogen-bond donors (Lipinski definition) is 1. The largest absolute Gasteiger partial charge is 0.497 e. The van der Waals surface area contributed by atoms with Crippen molar-refractivity contribution >= 4 is 61.5 Å². The fraction of sp³-hybridized carbons (Fsp3) is 0.136. The Hall–Kier alpha value is -3.15. The van der Waals surface area contributed by atoms with Crippen LogP contribution >= 0.6 is 23.1 Å². The third-order valence-corrected chi connectivity index (χ3v) is 8.51. The van der Waals surface area contributed by atoms with Gasteiger partial charge in [0.05, 0.1) is 12.8 Å². The number of amidine groups is 1. The summed E-state index contributed by atoms with van der Waals surface area (Å²) in [6.07, 6.45) is -0.151. The first kappa shape index (κ1) is 23.0. The van der Waals surface area contributed by atoms with Gasteiger partial charge in [-0.1, -0.05) is 42.1 Å². The summed E-state index contributed by atoms with van der Waals surface area (Å²) in [6.45, 7) is 0. The number of methoxy groups -OCH3 is 1. The number of nitrogens with zero attached hydrogens (tertiary/aromatic N) is 2. The van der Waals surface area contributed by atoms with Gasteiger partial charge in [-0.3, -0.25) is 14.5 Å². The van der Waals surface area contributed by atoms with E-state index >= 15 is 0 Å². The van der Waals surface area contributed by atoms with E-state index in [-0.39, 0.29) is 21.7 Å². The lowest BCUT2D eigenvalue weighted by atomic mass is 10.2. The third kappa shape index (κ3) is 5.27. The van der Waals surface area contributed by atoms with Crippen molar-refractivity contribution in [2.24, 2.45) is 4.40 Å². The van der Waals surface area contributed by atoms with Crippen LogP contribution in [-0.4, -0.2) is 37.8 Å². The van der Waals surface area contributed by atoms with Crippen LogP contribution < -0.4 is 15.0 Å². The molecule has 0 spiro atoms. The number of nitrogens with one attached hydrogen (secondary N) is 1. The molecule has 0 bridgehead atoms. The zero-order chi connectivity index (χ0) is 23.4. The van der Waals surface area contributed by atoms with Crippen molar-refractivity contribution in [3.8, 4) is 5.75 Å². The van der Waals surface area contributed by atoms with Crippen molar-refractivity contribution in [3.05, 3.63) is 72.1 Å². The average Bonchev–Trinajstić information content (AvgIpc) is 3.44. The SMILES string of the molecule is COc1cccc(NC(=O)C[C@@H]2SC(=NS(=O)(=O)c3cccs3)N(c3ccccc3)C2=O)c1. The van der Waals surface area contributed by atoms with E-state index in [1.807, 2.05) is 0 Å². The number of sulfonamides is 1. The van der Waals surface area contributed by atoms with Gasteiger partial charge in [-0.15, -0.1) is 15.7 Å². The summed E-state index contributed by atoms with van der Waals surface area (Å²) in [5.74, 6) is -0.209. The molecule has 1 atom stereocenters. The van der Waals surface area contributed by atoms with Gasteiger partial charge in [0.25, 0.3) is 10.0 Å². The molecule has 0 radical (unpaired) electrons. The molecule has 2 aromatic carbocycles. The topological polar surface area (TPSA) is 105 Å². The second kappa shape index (κ2) is 9.77. The van der Waals surface area contributed by atoms with E-state index in [1.165, 1.54) is 18.1 Å². The molecule has 1 N–H and O–H groups in total. The summed E-state index contributed by atoms with van der Waals surface area (Å²) in [4.78, 5) is 27.1. The lowest BCUT2D eigenvalue weighted by Gasteiger charge is -2.16. The molecule has 8 nitrogen and oxygen atoms in total. The van der Waals surface area contributed by atoms with Crippen molar-refractivity contribution in [2.75, 3.05) is 17.3 Å². The molecule has 33 heavy (non-hydrogen) atoms. The van der Waals surface area contributed by atoms with Crippen molar-refractivity contribution in [2.45, 2.75) is 15.9 Å². The second-order valence-electron chi connectivity index (χ2n) is 6.88. The molecule has 4 rings (SSSR count). The van der Waals surface area contributed by atoms with Crippen LogP contribution in [0.3, 0.4) is 0 Å². The molecule has 1 aliphatic rings. The first-order chi connectivity index (χ1) is 15.9. The van der Waals surface area contributed by atoms with Crippen molar-refractivity contribution in [3.63, 3.8) is 0 Å². The van der Waals surface area contributed by atoms with Crippen LogP contribution in [0.2, 0.25) is 0 Å². The Balaban J connectivity index is 1.59. The molecule has 0 aliphatic carbocycles. The minimum atomic E-state index is -4.00. The standard InChI is InChI=1S/C22H19N3O5S3/c1-30-17-10-5-7-15(13-17)23-19(26)14-18-21(27)25(16-8-3-2-4-9-16)22(32-18)24-33(28,29)20-11-6-12-31-20/h2-13,18H,14H2,1H3,(H,23,26)/t18-/m0/s1. The van der Waals surface area contributed by atoms with E-state index < -0.39 is 21.2 Å². The molecule has 0 saturated carbocycles. The molecule has 3 aromatic rings. The highest BCUT2D eigenvalue weighted by atomic mass is 32.2. The molecule has 11 heteroatoms. The Morgan fingerprint density at radius 1 is 1.12 bits per heavy atom. The van der Waals surface area contributed by atoms with Gasteiger partial charge in [0, 0.05) is 18.2 Å². The van der Waals surface area contributed by atoms with Gasteiger partial charge >= 0.3 is 0 Å². The first-order valence-electron chi connectivity index (χ1n) is 9.75. The Bertz CT molecular complexity index is 1290. The highest BCUT2D eigenvalue weighted by Crippen LogP contribution is 2.35. The monoisotopic (exact) mass is 501 g/mol. The highest BCUT2D eigenvalue weighted by molar-refractivity contribution is 8.16. The van der Waals surface area contributed by atoms with Gasteiger partial charge in [0.2, 0.25) is 11.8 Å². The normalized spacial score (nSPS) is 17.4. The number of benzene rings is 2. The lowest BCUT2D eigenvalue weighted by Crippen LogP contribution is -2.33. The molecule has 2 amide bonds. The number of carbonyl (C=O) groups excluding carboxylic acids is 2. The second-order valence-corrected chi connectivity index (χ2v) is 10.8. The number of carbonyl (C=O) groups is 2. The van der Waals surface area contributed by atoms with E-state index in [9.17, 15) is 18.0 Å².